The lowest BCUT2D eigenvalue weighted by Crippen LogP contribution is -2.49. The Balaban J connectivity index is 1.83. The largest absolute Gasteiger partial charge is 0.449 e. The summed E-state index contributed by atoms with van der Waals surface area (Å²) in [6.45, 7) is 3.07. The maximum absolute atomic E-state index is 13.5. The Morgan fingerprint density at radius 2 is 1.59 bits per heavy atom. The fourth-order valence-corrected chi connectivity index (χ4v) is 5.44. The minimum Gasteiger partial charge on any atom is -0.449 e. The second kappa shape index (κ2) is 10.6. The van der Waals surface area contributed by atoms with Crippen LogP contribution in [0.25, 0.3) is 0 Å². The number of anilines is 1. The van der Waals surface area contributed by atoms with Gasteiger partial charge in [-0.2, -0.15) is 26.3 Å². The number of nitrogens with zero attached hydrogens (tertiary/aromatic N) is 2. The highest BCUT2D eigenvalue weighted by Crippen LogP contribution is 2.45. The van der Waals surface area contributed by atoms with Crippen LogP contribution in [-0.2, 0) is 36.5 Å². The molecule has 212 valence electrons. The fraction of sp³-hybridized carbons (Fsp3) is 0.481. The first kappa shape index (κ1) is 28.6. The van der Waals surface area contributed by atoms with Gasteiger partial charge in [-0.25, -0.2) is 9.59 Å². The first-order chi connectivity index (χ1) is 18.2. The number of fused-ring (bicyclic) bond motifs is 2. The highest BCUT2D eigenvalue weighted by atomic mass is 19.4. The lowest BCUT2D eigenvalue weighted by Gasteiger charge is -2.43. The van der Waals surface area contributed by atoms with Crippen molar-refractivity contribution in [2.75, 3.05) is 18.6 Å². The summed E-state index contributed by atoms with van der Waals surface area (Å²) in [5, 5.41) is 2.46. The number of ether oxygens (including phenoxy) is 1. The Morgan fingerprint density at radius 1 is 1.00 bits per heavy atom. The number of alkyl halides is 6. The molecule has 6 nitrogen and oxygen atoms in total. The van der Waals surface area contributed by atoms with Crippen molar-refractivity contribution in [2.24, 2.45) is 0 Å². The van der Waals surface area contributed by atoms with Crippen molar-refractivity contribution in [3.8, 4) is 0 Å². The molecule has 0 saturated carbocycles. The monoisotopic (exact) mass is 557 g/mol. The molecule has 0 radical (unpaired) electrons. The van der Waals surface area contributed by atoms with E-state index in [1.54, 1.807) is 13.8 Å². The highest BCUT2D eigenvalue weighted by Gasteiger charge is 2.41. The van der Waals surface area contributed by atoms with Crippen LogP contribution in [0, 0.1) is 0 Å². The van der Waals surface area contributed by atoms with E-state index >= 15 is 0 Å². The Hall–Kier alpha value is -3.44. The molecule has 2 aromatic rings. The van der Waals surface area contributed by atoms with Crippen LogP contribution in [0.15, 0.2) is 30.3 Å². The molecular weight excluding hydrogens is 528 g/mol. The number of urea groups is 1. The zero-order valence-electron chi connectivity index (χ0n) is 21.7. The van der Waals surface area contributed by atoms with Crippen LogP contribution in [0.1, 0.15) is 66.1 Å². The quantitative estimate of drug-likeness (QED) is 0.419. The van der Waals surface area contributed by atoms with Crippen molar-refractivity contribution in [2.45, 2.75) is 70.5 Å². The van der Waals surface area contributed by atoms with Crippen LogP contribution in [0.2, 0.25) is 0 Å². The summed E-state index contributed by atoms with van der Waals surface area (Å²) >= 11 is 0. The SMILES string of the molecule is CCOC(=O)N1c2cc3c(cc2[C@@H](N(Cc2cc(C(F)(F)F)cc(C(F)(F)F)c2)C(=O)NC)C[C@H]1C)CCC3. The minimum absolute atomic E-state index is 0.0617. The highest BCUT2D eigenvalue weighted by molar-refractivity contribution is 5.91. The van der Waals surface area contributed by atoms with Crippen molar-refractivity contribution in [1.82, 2.24) is 10.2 Å². The molecule has 1 heterocycles. The molecule has 3 amide bonds. The molecule has 1 aliphatic carbocycles. The van der Waals surface area contributed by atoms with Crippen molar-refractivity contribution in [1.29, 1.82) is 0 Å². The number of aryl methyl sites for hydroxylation is 2. The third-order valence-electron chi connectivity index (χ3n) is 7.18. The maximum atomic E-state index is 13.5. The summed E-state index contributed by atoms with van der Waals surface area (Å²) in [4.78, 5) is 28.7. The van der Waals surface area contributed by atoms with E-state index in [9.17, 15) is 35.9 Å². The number of hydrogen-bond acceptors (Lipinski definition) is 3. The zero-order valence-corrected chi connectivity index (χ0v) is 21.7. The number of rotatable bonds is 4. The van der Waals surface area contributed by atoms with E-state index in [1.165, 1.54) is 16.8 Å². The summed E-state index contributed by atoms with van der Waals surface area (Å²) in [6, 6.07) is 3.23. The lowest BCUT2D eigenvalue weighted by molar-refractivity contribution is -0.143. The number of benzene rings is 2. The molecule has 0 saturated heterocycles. The van der Waals surface area contributed by atoms with Gasteiger partial charge in [-0.15, -0.1) is 0 Å². The summed E-state index contributed by atoms with van der Waals surface area (Å²) in [5.41, 5.74) is -0.0209. The summed E-state index contributed by atoms with van der Waals surface area (Å²) in [7, 11) is 1.34. The first-order valence-corrected chi connectivity index (χ1v) is 12.6. The number of halogens is 6. The average Bonchev–Trinajstić information content (AvgIpc) is 3.31. The van der Waals surface area contributed by atoms with Crippen LogP contribution in [-0.4, -0.2) is 36.7 Å². The third-order valence-corrected chi connectivity index (χ3v) is 7.18. The molecule has 1 aliphatic heterocycles. The molecule has 39 heavy (non-hydrogen) atoms. The predicted octanol–water partition coefficient (Wildman–Crippen LogP) is 6.85. The number of carbonyl (C=O) groups excluding carboxylic acids is 2. The van der Waals surface area contributed by atoms with Crippen molar-refractivity contribution in [3.63, 3.8) is 0 Å². The Morgan fingerprint density at radius 3 is 2.13 bits per heavy atom. The summed E-state index contributed by atoms with van der Waals surface area (Å²) in [6.07, 6.45) is -7.90. The number of amides is 3. The van der Waals surface area contributed by atoms with E-state index < -0.39 is 54.2 Å². The van der Waals surface area contributed by atoms with E-state index in [-0.39, 0.29) is 24.7 Å². The topological polar surface area (TPSA) is 61.9 Å². The van der Waals surface area contributed by atoms with Gasteiger partial charge in [-0.05, 0) is 86.1 Å². The van der Waals surface area contributed by atoms with Crippen LogP contribution in [0.5, 0.6) is 0 Å². The van der Waals surface area contributed by atoms with E-state index in [2.05, 4.69) is 5.32 Å². The Labute approximate surface area is 221 Å². The van der Waals surface area contributed by atoms with Crippen LogP contribution in [0.4, 0.5) is 41.6 Å². The van der Waals surface area contributed by atoms with Crippen LogP contribution < -0.4 is 10.2 Å². The maximum Gasteiger partial charge on any atom is 0.416 e. The molecule has 1 N–H and O–H groups in total. The van der Waals surface area contributed by atoms with Gasteiger partial charge < -0.3 is 15.0 Å². The first-order valence-electron chi connectivity index (χ1n) is 12.6. The predicted molar refractivity (Wildman–Crippen MR) is 131 cm³/mol. The molecule has 0 aromatic heterocycles. The molecule has 0 unspecified atom stereocenters. The van der Waals surface area contributed by atoms with Gasteiger partial charge in [0.25, 0.3) is 0 Å². The van der Waals surface area contributed by atoms with Gasteiger partial charge >= 0.3 is 24.5 Å². The number of carbonyl (C=O) groups is 2. The van der Waals surface area contributed by atoms with E-state index in [0.29, 0.717) is 23.4 Å². The lowest BCUT2D eigenvalue weighted by atomic mass is 9.88. The second-order valence-electron chi connectivity index (χ2n) is 9.80. The second-order valence-corrected chi connectivity index (χ2v) is 9.80. The Kier molecular flexibility index (Phi) is 7.77. The smallest absolute Gasteiger partial charge is 0.416 e. The average molecular weight is 558 g/mol. The third kappa shape index (κ3) is 5.79. The van der Waals surface area contributed by atoms with Crippen molar-refractivity contribution < 1.29 is 40.7 Å². The van der Waals surface area contributed by atoms with E-state index in [4.69, 9.17) is 4.74 Å². The van der Waals surface area contributed by atoms with Gasteiger partial charge in [0.15, 0.2) is 0 Å². The summed E-state index contributed by atoms with van der Waals surface area (Å²) < 4.78 is 86.3. The van der Waals surface area contributed by atoms with Gasteiger partial charge in [0.2, 0.25) is 0 Å². The number of hydrogen-bond donors (Lipinski definition) is 1. The van der Waals surface area contributed by atoms with E-state index in [1.807, 2.05) is 12.1 Å². The molecule has 2 aliphatic rings. The van der Waals surface area contributed by atoms with Gasteiger partial charge in [0.1, 0.15) is 0 Å². The van der Waals surface area contributed by atoms with E-state index in [0.717, 1.165) is 30.4 Å². The van der Waals surface area contributed by atoms with Crippen LogP contribution in [0.3, 0.4) is 0 Å². The van der Waals surface area contributed by atoms with Gasteiger partial charge in [0, 0.05) is 19.6 Å². The zero-order chi connectivity index (χ0) is 28.7. The number of nitrogens with one attached hydrogen (secondary N) is 1. The van der Waals surface area contributed by atoms with Crippen LogP contribution >= 0.6 is 0 Å². The van der Waals surface area contributed by atoms with Gasteiger partial charge in [-0.3, -0.25) is 4.90 Å². The summed E-state index contributed by atoms with van der Waals surface area (Å²) in [5.74, 6) is 0. The molecule has 12 heteroatoms. The van der Waals surface area contributed by atoms with Gasteiger partial charge in [-0.1, -0.05) is 6.07 Å². The standard InChI is InChI=1S/C27H29F6N3O3/c1-4-39-25(38)36-15(2)8-22(21-11-17-6-5-7-18(17)12-23(21)36)35(24(37)34-3)14-16-9-19(26(28,29)30)13-20(10-16)27(31,32)33/h9-13,15,22H,4-8,14H2,1-3H3,(H,34,37)/t15-,22+/m1/s1. The Bertz CT molecular complexity index is 1230. The molecule has 2 atom stereocenters. The fourth-order valence-electron chi connectivity index (χ4n) is 5.44. The molecule has 0 bridgehead atoms. The van der Waals surface area contributed by atoms with Crippen molar-refractivity contribution in [3.05, 3.63) is 63.7 Å². The minimum atomic E-state index is -5.01. The normalized spacial score (nSPS) is 18.8. The molecule has 0 spiro atoms. The molecule has 2 aromatic carbocycles. The molecule has 0 fully saturated rings. The molecular formula is C27H29F6N3O3. The molecule has 4 rings (SSSR count). The van der Waals surface area contributed by atoms with Gasteiger partial charge in [0.05, 0.1) is 29.5 Å². The van der Waals surface area contributed by atoms with Crippen molar-refractivity contribution >= 4 is 17.8 Å².